The number of methoxy groups -OCH3 is 1. The van der Waals surface area contributed by atoms with Gasteiger partial charge in [-0.1, -0.05) is 12.1 Å². The molecule has 1 rings (SSSR count). The van der Waals surface area contributed by atoms with Gasteiger partial charge >= 0.3 is 5.97 Å². The number of aliphatic carboxylic acids is 1. The molecule has 1 atom stereocenters. The Morgan fingerprint density at radius 2 is 2.16 bits per heavy atom. The Labute approximate surface area is 111 Å². The first kappa shape index (κ1) is 15.0. The van der Waals surface area contributed by atoms with E-state index in [-0.39, 0.29) is 5.91 Å². The summed E-state index contributed by atoms with van der Waals surface area (Å²) in [5.41, 5.74) is 0.819. The summed E-state index contributed by atoms with van der Waals surface area (Å²) < 4.78 is 9.93. The number of carboxylic acid groups (broad SMARTS) is 1. The SMILES string of the molecule is COC(C)C(=O)NCc1cccc(OCC(=O)O)c1. The Hall–Kier alpha value is -2.08. The summed E-state index contributed by atoms with van der Waals surface area (Å²) in [5.74, 6) is -0.791. The second kappa shape index (κ2) is 7.38. The van der Waals surface area contributed by atoms with Crippen LogP contribution in [0.1, 0.15) is 12.5 Å². The molecule has 0 aliphatic carbocycles. The van der Waals surface area contributed by atoms with Crippen LogP contribution in [0.15, 0.2) is 24.3 Å². The van der Waals surface area contributed by atoms with Crippen molar-refractivity contribution in [1.82, 2.24) is 5.32 Å². The molecule has 0 saturated heterocycles. The van der Waals surface area contributed by atoms with E-state index in [2.05, 4.69) is 5.32 Å². The van der Waals surface area contributed by atoms with E-state index in [9.17, 15) is 9.59 Å². The van der Waals surface area contributed by atoms with Crippen molar-refractivity contribution in [3.05, 3.63) is 29.8 Å². The van der Waals surface area contributed by atoms with Crippen LogP contribution >= 0.6 is 0 Å². The molecule has 2 N–H and O–H groups in total. The van der Waals surface area contributed by atoms with Gasteiger partial charge in [0.15, 0.2) is 6.61 Å². The summed E-state index contributed by atoms with van der Waals surface area (Å²) in [4.78, 5) is 21.9. The Morgan fingerprint density at radius 3 is 2.79 bits per heavy atom. The number of hydrogen-bond acceptors (Lipinski definition) is 4. The van der Waals surface area contributed by atoms with Crippen molar-refractivity contribution in [3.8, 4) is 5.75 Å². The monoisotopic (exact) mass is 267 g/mol. The van der Waals surface area contributed by atoms with E-state index in [1.807, 2.05) is 6.07 Å². The zero-order valence-corrected chi connectivity index (χ0v) is 10.9. The lowest BCUT2D eigenvalue weighted by Crippen LogP contribution is -2.33. The van der Waals surface area contributed by atoms with E-state index in [4.69, 9.17) is 14.6 Å². The number of carbonyl (C=O) groups excluding carboxylic acids is 1. The highest BCUT2D eigenvalue weighted by Crippen LogP contribution is 2.13. The fraction of sp³-hybridized carbons (Fsp3) is 0.385. The Kier molecular flexibility index (Phi) is 5.81. The lowest BCUT2D eigenvalue weighted by molar-refractivity contribution is -0.139. The van der Waals surface area contributed by atoms with Crippen LogP contribution < -0.4 is 10.1 Å². The fourth-order valence-electron chi connectivity index (χ4n) is 1.33. The molecule has 6 heteroatoms. The number of amides is 1. The number of hydrogen-bond donors (Lipinski definition) is 2. The number of carboxylic acids is 1. The third kappa shape index (κ3) is 5.39. The minimum absolute atomic E-state index is 0.209. The van der Waals surface area contributed by atoms with Crippen molar-refractivity contribution in [2.45, 2.75) is 19.6 Å². The number of benzene rings is 1. The predicted octanol–water partition coefficient (Wildman–Crippen LogP) is 0.801. The quantitative estimate of drug-likeness (QED) is 0.763. The average molecular weight is 267 g/mol. The van der Waals surface area contributed by atoms with E-state index in [0.717, 1.165) is 5.56 Å². The molecule has 0 heterocycles. The van der Waals surface area contributed by atoms with Gasteiger partial charge in [0.2, 0.25) is 5.91 Å². The van der Waals surface area contributed by atoms with Gasteiger partial charge in [-0.05, 0) is 24.6 Å². The summed E-state index contributed by atoms with van der Waals surface area (Å²) >= 11 is 0. The van der Waals surface area contributed by atoms with Crippen LogP contribution in [-0.4, -0.2) is 36.8 Å². The highest BCUT2D eigenvalue weighted by atomic mass is 16.5. The van der Waals surface area contributed by atoms with E-state index in [1.54, 1.807) is 25.1 Å². The maximum atomic E-state index is 11.5. The van der Waals surface area contributed by atoms with Crippen LogP contribution in [0.3, 0.4) is 0 Å². The first-order valence-electron chi connectivity index (χ1n) is 5.77. The van der Waals surface area contributed by atoms with Gasteiger partial charge in [0.1, 0.15) is 11.9 Å². The number of carbonyl (C=O) groups is 2. The van der Waals surface area contributed by atoms with Crippen molar-refractivity contribution in [1.29, 1.82) is 0 Å². The molecule has 0 aromatic heterocycles. The molecule has 0 aliphatic rings. The molecule has 0 spiro atoms. The molecule has 1 aromatic carbocycles. The van der Waals surface area contributed by atoms with Crippen LogP contribution in [-0.2, 0) is 20.9 Å². The number of nitrogens with one attached hydrogen (secondary N) is 1. The third-order valence-electron chi connectivity index (χ3n) is 2.45. The summed E-state index contributed by atoms with van der Waals surface area (Å²) in [7, 11) is 1.46. The summed E-state index contributed by atoms with van der Waals surface area (Å²) in [6.07, 6.45) is -0.508. The normalized spacial score (nSPS) is 11.7. The van der Waals surface area contributed by atoms with Crippen molar-refractivity contribution < 1.29 is 24.2 Å². The van der Waals surface area contributed by atoms with E-state index >= 15 is 0 Å². The number of ether oxygens (including phenoxy) is 2. The van der Waals surface area contributed by atoms with Gasteiger partial charge in [0.05, 0.1) is 0 Å². The fourth-order valence-corrected chi connectivity index (χ4v) is 1.33. The lowest BCUT2D eigenvalue weighted by atomic mass is 10.2. The van der Waals surface area contributed by atoms with E-state index in [0.29, 0.717) is 12.3 Å². The van der Waals surface area contributed by atoms with Gasteiger partial charge in [-0.2, -0.15) is 0 Å². The molecule has 0 fully saturated rings. The maximum Gasteiger partial charge on any atom is 0.341 e. The molecular formula is C13H17NO5. The highest BCUT2D eigenvalue weighted by Gasteiger charge is 2.10. The van der Waals surface area contributed by atoms with Crippen LogP contribution in [0.25, 0.3) is 0 Å². The predicted molar refractivity (Wildman–Crippen MR) is 67.9 cm³/mol. The largest absolute Gasteiger partial charge is 0.482 e. The van der Waals surface area contributed by atoms with Gasteiger partial charge in [0.25, 0.3) is 0 Å². The average Bonchev–Trinajstić information content (AvgIpc) is 2.42. The smallest absolute Gasteiger partial charge is 0.341 e. The van der Waals surface area contributed by atoms with Crippen LogP contribution in [0.5, 0.6) is 5.75 Å². The zero-order valence-electron chi connectivity index (χ0n) is 10.9. The lowest BCUT2D eigenvalue weighted by Gasteiger charge is -2.11. The third-order valence-corrected chi connectivity index (χ3v) is 2.45. The Morgan fingerprint density at radius 1 is 1.42 bits per heavy atom. The van der Waals surface area contributed by atoms with E-state index < -0.39 is 18.7 Å². The molecule has 1 aromatic rings. The molecule has 0 saturated carbocycles. The highest BCUT2D eigenvalue weighted by molar-refractivity contribution is 5.80. The van der Waals surface area contributed by atoms with Crippen molar-refractivity contribution >= 4 is 11.9 Å². The molecule has 0 radical (unpaired) electrons. The summed E-state index contributed by atoms with van der Waals surface area (Å²) in [6, 6.07) is 6.89. The molecule has 1 amide bonds. The van der Waals surface area contributed by atoms with Crippen molar-refractivity contribution in [2.75, 3.05) is 13.7 Å². The number of rotatable bonds is 7. The first-order chi connectivity index (χ1) is 9.02. The first-order valence-corrected chi connectivity index (χ1v) is 5.77. The minimum Gasteiger partial charge on any atom is -0.482 e. The minimum atomic E-state index is -1.03. The molecule has 104 valence electrons. The van der Waals surface area contributed by atoms with Crippen LogP contribution in [0.4, 0.5) is 0 Å². The maximum absolute atomic E-state index is 11.5. The van der Waals surface area contributed by atoms with Crippen LogP contribution in [0.2, 0.25) is 0 Å². The van der Waals surface area contributed by atoms with Crippen molar-refractivity contribution in [3.63, 3.8) is 0 Å². The van der Waals surface area contributed by atoms with Gasteiger partial charge in [-0.15, -0.1) is 0 Å². The summed E-state index contributed by atoms with van der Waals surface area (Å²) in [5, 5.41) is 11.2. The second-order valence-electron chi connectivity index (χ2n) is 3.93. The summed E-state index contributed by atoms with van der Waals surface area (Å²) in [6.45, 7) is 1.59. The zero-order chi connectivity index (χ0) is 14.3. The van der Waals surface area contributed by atoms with Gasteiger partial charge in [-0.25, -0.2) is 4.79 Å². The van der Waals surface area contributed by atoms with Crippen LogP contribution in [0, 0.1) is 0 Å². The molecule has 1 unspecified atom stereocenters. The van der Waals surface area contributed by atoms with Crippen molar-refractivity contribution in [2.24, 2.45) is 0 Å². The second-order valence-corrected chi connectivity index (χ2v) is 3.93. The van der Waals surface area contributed by atoms with Gasteiger partial charge in [-0.3, -0.25) is 4.79 Å². The Bertz CT molecular complexity index is 446. The molecular weight excluding hydrogens is 250 g/mol. The standard InChI is InChI=1S/C13H17NO5/c1-9(18-2)13(17)14-7-10-4-3-5-11(6-10)19-8-12(15)16/h3-6,9H,7-8H2,1-2H3,(H,14,17)(H,15,16). The van der Waals surface area contributed by atoms with Gasteiger partial charge < -0.3 is 19.9 Å². The molecule has 0 aliphatic heterocycles. The van der Waals surface area contributed by atoms with Gasteiger partial charge in [0, 0.05) is 13.7 Å². The molecule has 0 bridgehead atoms. The molecule has 6 nitrogen and oxygen atoms in total. The molecule has 19 heavy (non-hydrogen) atoms. The topological polar surface area (TPSA) is 84.9 Å². The Balaban J connectivity index is 2.52. The van der Waals surface area contributed by atoms with E-state index in [1.165, 1.54) is 7.11 Å².